The van der Waals surface area contributed by atoms with Crippen LogP contribution in [0.3, 0.4) is 0 Å². The Morgan fingerprint density at radius 3 is 2.48 bits per heavy atom. The Morgan fingerprint density at radius 2 is 1.67 bits per heavy atom. The number of fused-ring (bicyclic) bond motifs is 1. The lowest BCUT2D eigenvalue weighted by molar-refractivity contribution is 1.22. The molecule has 4 aromatic rings. The number of hydrogen-bond acceptors (Lipinski definition) is 3. The number of benzene rings is 3. The van der Waals surface area contributed by atoms with Crippen molar-refractivity contribution in [2.45, 2.75) is 13.8 Å². The molecule has 134 valence electrons. The minimum Gasteiger partial charge on any atom is -0.339 e. The van der Waals surface area contributed by atoms with Gasteiger partial charge in [0.25, 0.3) is 0 Å². The van der Waals surface area contributed by atoms with Gasteiger partial charge in [0.15, 0.2) is 5.82 Å². The molecular formula is C22H17Cl2N3. The smallest absolute Gasteiger partial charge is 0.163 e. The first-order chi connectivity index (χ1) is 13.0. The van der Waals surface area contributed by atoms with Crippen LogP contribution < -0.4 is 5.32 Å². The SMILES string of the molecule is Cc1ccc(C)c(Nc2nc(-c3ccc(Cl)cc3Cl)nc3ccccc23)c1. The second-order valence-electron chi connectivity index (χ2n) is 6.48. The molecule has 3 nitrogen and oxygen atoms in total. The molecule has 0 saturated carbocycles. The molecule has 0 radical (unpaired) electrons. The van der Waals surface area contributed by atoms with Gasteiger partial charge in [-0.2, -0.15) is 0 Å². The number of nitrogens with zero attached hydrogens (tertiary/aromatic N) is 2. The van der Waals surface area contributed by atoms with Crippen molar-refractivity contribution >= 4 is 45.6 Å². The van der Waals surface area contributed by atoms with E-state index in [2.05, 4.69) is 37.4 Å². The molecule has 0 atom stereocenters. The Hall–Kier alpha value is -2.62. The van der Waals surface area contributed by atoms with E-state index in [9.17, 15) is 0 Å². The van der Waals surface area contributed by atoms with Crippen LogP contribution in [0, 0.1) is 13.8 Å². The molecule has 3 aromatic carbocycles. The summed E-state index contributed by atoms with van der Waals surface area (Å²) in [5, 5.41) is 5.53. The predicted octanol–water partition coefficient (Wildman–Crippen LogP) is 6.96. The molecule has 0 aliphatic rings. The van der Waals surface area contributed by atoms with E-state index in [-0.39, 0.29) is 0 Å². The van der Waals surface area contributed by atoms with Crippen LogP contribution in [-0.2, 0) is 0 Å². The molecule has 1 aromatic heterocycles. The summed E-state index contributed by atoms with van der Waals surface area (Å²) in [6.07, 6.45) is 0. The van der Waals surface area contributed by atoms with E-state index in [0.29, 0.717) is 15.9 Å². The number of anilines is 2. The molecule has 0 spiro atoms. The number of aryl methyl sites for hydroxylation is 2. The van der Waals surface area contributed by atoms with Gasteiger partial charge in [0.2, 0.25) is 0 Å². The first kappa shape index (κ1) is 17.8. The molecule has 0 saturated heterocycles. The standard InChI is InChI=1S/C22H17Cl2N3/c1-13-7-8-14(2)20(11-13)26-22-17-5-3-4-6-19(17)25-21(27-22)16-10-9-15(23)12-18(16)24/h3-12H,1-2H3,(H,25,26,27). The summed E-state index contributed by atoms with van der Waals surface area (Å²) in [6, 6.07) is 19.6. The highest BCUT2D eigenvalue weighted by Crippen LogP contribution is 2.32. The fourth-order valence-corrected chi connectivity index (χ4v) is 3.45. The molecule has 27 heavy (non-hydrogen) atoms. The maximum absolute atomic E-state index is 6.39. The molecule has 0 unspecified atom stereocenters. The van der Waals surface area contributed by atoms with E-state index in [4.69, 9.17) is 33.2 Å². The molecule has 1 N–H and O–H groups in total. The molecule has 0 aliphatic heterocycles. The highest BCUT2D eigenvalue weighted by Gasteiger charge is 2.13. The van der Waals surface area contributed by atoms with Crippen molar-refractivity contribution in [2.24, 2.45) is 0 Å². The quantitative estimate of drug-likeness (QED) is 0.408. The number of nitrogens with one attached hydrogen (secondary N) is 1. The van der Waals surface area contributed by atoms with Gasteiger partial charge in [-0.15, -0.1) is 0 Å². The number of hydrogen-bond donors (Lipinski definition) is 1. The van der Waals surface area contributed by atoms with Crippen LogP contribution in [0.4, 0.5) is 11.5 Å². The van der Waals surface area contributed by atoms with Crippen molar-refractivity contribution in [2.75, 3.05) is 5.32 Å². The summed E-state index contributed by atoms with van der Waals surface area (Å²) in [7, 11) is 0. The van der Waals surface area contributed by atoms with Crippen molar-refractivity contribution in [3.05, 3.63) is 81.8 Å². The van der Waals surface area contributed by atoms with Gasteiger partial charge in [-0.25, -0.2) is 9.97 Å². The Balaban J connectivity index is 1.90. The largest absolute Gasteiger partial charge is 0.339 e. The summed E-state index contributed by atoms with van der Waals surface area (Å²) < 4.78 is 0. The molecule has 4 rings (SSSR count). The van der Waals surface area contributed by atoms with E-state index in [0.717, 1.165) is 33.5 Å². The van der Waals surface area contributed by atoms with Crippen LogP contribution >= 0.6 is 23.2 Å². The fourth-order valence-electron chi connectivity index (χ4n) is 2.96. The van der Waals surface area contributed by atoms with Crippen LogP contribution in [-0.4, -0.2) is 9.97 Å². The van der Waals surface area contributed by atoms with Gasteiger partial charge >= 0.3 is 0 Å². The van der Waals surface area contributed by atoms with Gasteiger partial charge in [0, 0.05) is 21.7 Å². The zero-order valence-corrected chi connectivity index (χ0v) is 16.4. The zero-order valence-electron chi connectivity index (χ0n) is 14.9. The van der Waals surface area contributed by atoms with Gasteiger partial charge in [-0.1, -0.05) is 47.5 Å². The van der Waals surface area contributed by atoms with E-state index in [1.165, 1.54) is 5.56 Å². The van der Waals surface area contributed by atoms with Crippen LogP contribution in [0.1, 0.15) is 11.1 Å². The van der Waals surface area contributed by atoms with Crippen molar-refractivity contribution in [1.29, 1.82) is 0 Å². The van der Waals surface area contributed by atoms with Crippen LogP contribution in [0.25, 0.3) is 22.3 Å². The number of halogens is 2. The first-order valence-corrected chi connectivity index (χ1v) is 9.33. The van der Waals surface area contributed by atoms with Crippen LogP contribution in [0.15, 0.2) is 60.7 Å². The van der Waals surface area contributed by atoms with Crippen molar-refractivity contribution < 1.29 is 0 Å². The lowest BCUT2D eigenvalue weighted by Crippen LogP contribution is -2.01. The summed E-state index contributed by atoms with van der Waals surface area (Å²) in [6.45, 7) is 4.14. The Morgan fingerprint density at radius 1 is 0.852 bits per heavy atom. The Kier molecular flexibility index (Phi) is 4.73. The van der Waals surface area contributed by atoms with Gasteiger partial charge < -0.3 is 5.32 Å². The third kappa shape index (κ3) is 3.61. The topological polar surface area (TPSA) is 37.8 Å². The van der Waals surface area contributed by atoms with Gasteiger partial charge in [0.05, 0.1) is 10.5 Å². The predicted molar refractivity (Wildman–Crippen MR) is 114 cm³/mol. The van der Waals surface area contributed by atoms with E-state index < -0.39 is 0 Å². The molecule has 0 amide bonds. The second kappa shape index (κ2) is 7.18. The minimum absolute atomic E-state index is 0.524. The maximum Gasteiger partial charge on any atom is 0.163 e. The first-order valence-electron chi connectivity index (χ1n) is 8.58. The molecule has 1 heterocycles. The van der Waals surface area contributed by atoms with Crippen LogP contribution in [0.5, 0.6) is 0 Å². The molecule has 0 bridgehead atoms. The summed E-state index contributed by atoms with van der Waals surface area (Å²) in [5.41, 5.74) is 4.95. The van der Waals surface area contributed by atoms with Crippen molar-refractivity contribution in [3.8, 4) is 11.4 Å². The van der Waals surface area contributed by atoms with E-state index in [1.54, 1.807) is 12.1 Å². The number of aromatic nitrogens is 2. The molecule has 0 fully saturated rings. The zero-order chi connectivity index (χ0) is 19.0. The molecule has 5 heteroatoms. The lowest BCUT2D eigenvalue weighted by Gasteiger charge is -2.14. The van der Waals surface area contributed by atoms with E-state index in [1.807, 2.05) is 30.3 Å². The van der Waals surface area contributed by atoms with Gasteiger partial charge in [0.1, 0.15) is 5.82 Å². The average molecular weight is 394 g/mol. The summed E-state index contributed by atoms with van der Waals surface area (Å²) >= 11 is 12.4. The molecule has 0 aliphatic carbocycles. The maximum atomic E-state index is 6.39. The normalized spacial score (nSPS) is 11.0. The monoisotopic (exact) mass is 393 g/mol. The Labute approximate surface area is 168 Å². The third-order valence-electron chi connectivity index (χ3n) is 4.42. The lowest BCUT2D eigenvalue weighted by atomic mass is 10.1. The Bertz CT molecular complexity index is 1160. The van der Waals surface area contributed by atoms with Crippen molar-refractivity contribution in [1.82, 2.24) is 9.97 Å². The second-order valence-corrected chi connectivity index (χ2v) is 7.32. The van der Waals surface area contributed by atoms with Gasteiger partial charge in [-0.05, 0) is 61.4 Å². The highest BCUT2D eigenvalue weighted by molar-refractivity contribution is 6.36. The minimum atomic E-state index is 0.524. The van der Waals surface area contributed by atoms with Crippen molar-refractivity contribution in [3.63, 3.8) is 0 Å². The summed E-state index contributed by atoms with van der Waals surface area (Å²) in [4.78, 5) is 9.48. The van der Waals surface area contributed by atoms with E-state index >= 15 is 0 Å². The molecular weight excluding hydrogens is 377 g/mol. The third-order valence-corrected chi connectivity index (χ3v) is 4.97. The van der Waals surface area contributed by atoms with Gasteiger partial charge in [-0.3, -0.25) is 0 Å². The number of rotatable bonds is 3. The highest BCUT2D eigenvalue weighted by atomic mass is 35.5. The van der Waals surface area contributed by atoms with Crippen LogP contribution in [0.2, 0.25) is 10.0 Å². The number of para-hydroxylation sites is 1. The average Bonchev–Trinajstić information content (AvgIpc) is 2.64. The summed E-state index contributed by atoms with van der Waals surface area (Å²) in [5.74, 6) is 1.30. The fraction of sp³-hybridized carbons (Fsp3) is 0.0909.